The lowest BCUT2D eigenvalue weighted by Crippen LogP contribution is -2.63. The minimum Gasteiger partial charge on any atom is -0.472 e. The Labute approximate surface area is 221 Å². The minimum atomic E-state index is -1.08. The van der Waals surface area contributed by atoms with Gasteiger partial charge in [-0.05, 0) is 55.7 Å². The predicted octanol–water partition coefficient (Wildman–Crippen LogP) is 4.12. The van der Waals surface area contributed by atoms with Crippen molar-refractivity contribution in [2.24, 2.45) is 34.5 Å². The Balaban J connectivity index is 1.37. The van der Waals surface area contributed by atoms with Crippen LogP contribution in [0.15, 0.2) is 46.8 Å². The molecule has 4 fully saturated rings. The number of carbonyl (C=O) groups is 3. The van der Waals surface area contributed by atoms with Crippen LogP contribution in [0.3, 0.4) is 0 Å². The highest BCUT2D eigenvalue weighted by Crippen LogP contribution is 2.70. The van der Waals surface area contributed by atoms with E-state index < -0.39 is 17.1 Å². The van der Waals surface area contributed by atoms with Gasteiger partial charge >= 0.3 is 0 Å². The quantitative estimate of drug-likeness (QED) is 0.613. The largest absolute Gasteiger partial charge is 0.472 e. The average molecular weight is 526 g/mol. The summed E-state index contributed by atoms with van der Waals surface area (Å²) in [6.07, 6.45) is 11.1. The number of aliphatic hydroxyl groups is 1. The number of furan rings is 1. The van der Waals surface area contributed by atoms with Crippen LogP contribution in [0.5, 0.6) is 0 Å². The normalized spacial score (nSPS) is 42.5. The number of fused-ring (bicyclic) bond motifs is 7. The van der Waals surface area contributed by atoms with Crippen LogP contribution in [0.25, 0.3) is 0 Å². The summed E-state index contributed by atoms with van der Waals surface area (Å²) in [5.41, 5.74) is 0.0949. The fourth-order valence-electron chi connectivity index (χ4n) is 8.90. The highest BCUT2D eigenvalue weighted by molar-refractivity contribution is 8.14. The minimum absolute atomic E-state index is 0.00506. The molecule has 0 spiro atoms. The molecule has 1 N–H and O–H groups in total. The number of aliphatic hydroxyl groups excluding tert-OH is 1. The molecule has 4 aliphatic carbocycles. The highest BCUT2D eigenvalue weighted by Gasteiger charge is 2.75. The summed E-state index contributed by atoms with van der Waals surface area (Å²) in [7, 11) is 0. The highest BCUT2D eigenvalue weighted by atomic mass is 32.2. The lowest BCUT2D eigenvalue weighted by atomic mass is 9.46. The topological polar surface area (TPSA) is 97.1 Å². The number of allylic oxidation sites excluding steroid dienone is 4. The molecule has 0 radical (unpaired) electrons. The number of Topliss-reactive ketones (excluding diaryl/α,β-unsaturated/α-hetero) is 1. The molecule has 1 aromatic rings. The van der Waals surface area contributed by atoms with Crippen LogP contribution in [0.1, 0.15) is 52.0 Å². The predicted molar refractivity (Wildman–Crippen MR) is 138 cm³/mol. The summed E-state index contributed by atoms with van der Waals surface area (Å²) in [4.78, 5) is 44.7. The van der Waals surface area contributed by atoms with E-state index in [0.29, 0.717) is 19.5 Å². The van der Waals surface area contributed by atoms with Crippen molar-refractivity contribution in [3.05, 3.63) is 48.0 Å². The molecular formula is C29H35NO6S. The van der Waals surface area contributed by atoms with Crippen molar-refractivity contribution in [1.82, 2.24) is 5.06 Å². The van der Waals surface area contributed by atoms with Crippen LogP contribution in [0.2, 0.25) is 0 Å². The second kappa shape index (κ2) is 8.76. The number of nitrogens with zero attached hydrogens (tertiary/aromatic N) is 1. The van der Waals surface area contributed by atoms with E-state index in [1.807, 2.05) is 17.2 Å². The Morgan fingerprint density at radius 3 is 2.84 bits per heavy atom. The number of hydroxylamine groups is 2. The maximum Gasteiger partial charge on any atom is 0.186 e. The van der Waals surface area contributed by atoms with Gasteiger partial charge in [0.1, 0.15) is 0 Å². The van der Waals surface area contributed by atoms with Gasteiger partial charge < -0.3 is 9.52 Å². The van der Waals surface area contributed by atoms with Gasteiger partial charge in [-0.1, -0.05) is 37.3 Å². The number of thioether (sulfide) groups is 1. The van der Waals surface area contributed by atoms with Gasteiger partial charge in [-0.15, -0.1) is 0 Å². The van der Waals surface area contributed by atoms with Crippen LogP contribution >= 0.6 is 11.8 Å². The first-order valence-corrected chi connectivity index (χ1v) is 14.3. The SMILES string of the molecule is CC(=O)SCC(=O)[C@@]12ON(Cc3ccoc3)C[C@@H]1C[C@H]1[C@@H]3CCC4=CC(=O)C=C[C@]4(C)[C@H]3[C@@H](O)C[C@@]12C. The molecule has 7 nitrogen and oxygen atoms in total. The van der Waals surface area contributed by atoms with Gasteiger partial charge in [-0.25, -0.2) is 0 Å². The van der Waals surface area contributed by atoms with E-state index in [1.165, 1.54) is 6.92 Å². The fraction of sp³-hybridized carbons (Fsp3) is 0.621. The zero-order valence-electron chi connectivity index (χ0n) is 21.6. The Morgan fingerprint density at radius 2 is 2.11 bits per heavy atom. The monoisotopic (exact) mass is 525 g/mol. The second-order valence-electron chi connectivity index (χ2n) is 12.1. The third-order valence-electron chi connectivity index (χ3n) is 10.3. The van der Waals surface area contributed by atoms with Crippen molar-refractivity contribution in [3.63, 3.8) is 0 Å². The Bertz CT molecular complexity index is 1190. The molecule has 1 aromatic heterocycles. The van der Waals surface area contributed by atoms with Gasteiger partial charge in [0.15, 0.2) is 22.3 Å². The summed E-state index contributed by atoms with van der Waals surface area (Å²) < 4.78 is 5.24. The Kier molecular flexibility index (Phi) is 5.99. The molecule has 3 saturated carbocycles. The van der Waals surface area contributed by atoms with Crippen LogP contribution in [0, 0.1) is 34.5 Å². The third-order valence-corrected chi connectivity index (χ3v) is 11.1. The van der Waals surface area contributed by atoms with E-state index in [1.54, 1.807) is 24.7 Å². The van der Waals surface area contributed by atoms with Gasteiger partial charge in [0.2, 0.25) is 0 Å². The fourth-order valence-corrected chi connectivity index (χ4v) is 9.45. The number of carbonyl (C=O) groups excluding carboxylic acids is 3. The smallest absolute Gasteiger partial charge is 0.186 e. The molecule has 37 heavy (non-hydrogen) atoms. The molecule has 6 rings (SSSR count). The summed E-state index contributed by atoms with van der Waals surface area (Å²) >= 11 is 1.04. The van der Waals surface area contributed by atoms with Gasteiger partial charge in [0.25, 0.3) is 0 Å². The summed E-state index contributed by atoms with van der Waals surface area (Å²) in [5.74, 6) is 0.452. The maximum absolute atomic E-state index is 14.1. The van der Waals surface area contributed by atoms with Crippen molar-refractivity contribution < 1.29 is 28.7 Å². The van der Waals surface area contributed by atoms with Crippen LogP contribution in [-0.2, 0) is 25.8 Å². The molecule has 0 aromatic carbocycles. The van der Waals surface area contributed by atoms with Gasteiger partial charge in [0, 0.05) is 41.7 Å². The van der Waals surface area contributed by atoms with Crippen molar-refractivity contribution in [2.45, 2.75) is 64.7 Å². The van der Waals surface area contributed by atoms with E-state index in [2.05, 4.69) is 13.8 Å². The summed E-state index contributed by atoms with van der Waals surface area (Å²) in [6.45, 7) is 6.93. The zero-order chi connectivity index (χ0) is 26.2. The molecule has 1 aliphatic heterocycles. The molecule has 0 bridgehead atoms. The first-order valence-electron chi connectivity index (χ1n) is 13.3. The molecule has 0 amide bonds. The van der Waals surface area contributed by atoms with Gasteiger partial charge in [-0.3, -0.25) is 19.2 Å². The van der Waals surface area contributed by atoms with E-state index in [4.69, 9.17) is 9.25 Å². The van der Waals surface area contributed by atoms with Crippen molar-refractivity contribution in [3.8, 4) is 0 Å². The standard InChI is InChI=1S/C29H35NO6S/c1-17(31)37-16-25(34)29-20(14-30(36-29)13-18-7-9-35-15-18)11-23-22-5-4-19-10-21(32)6-8-27(19,2)26(22)24(33)12-28(23,29)3/h6-10,15,20,22-24,26,33H,4-5,11-14,16H2,1-3H3/t20-,22-,23-,24-,26+,27-,28-,29-/m0/s1. The molecule has 198 valence electrons. The number of rotatable bonds is 5. The Hall–Kier alpha value is -2.00. The molecule has 0 unspecified atom stereocenters. The second-order valence-corrected chi connectivity index (χ2v) is 13.3. The molecule has 5 aliphatic rings. The number of ketones is 2. The molecule has 1 saturated heterocycles. The van der Waals surface area contributed by atoms with E-state index in [-0.39, 0.29) is 51.5 Å². The van der Waals surface area contributed by atoms with Crippen LogP contribution < -0.4 is 0 Å². The first-order chi connectivity index (χ1) is 17.6. The van der Waals surface area contributed by atoms with Crippen molar-refractivity contribution >= 4 is 28.4 Å². The average Bonchev–Trinajstić information content (AvgIpc) is 3.53. The summed E-state index contributed by atoms with van der Waals surface area (Å²) in [5, 5.41) is 13.6. The van der Waals surface area contributed by atoms with Crippen LogP contribution in [0.4, 0.5) is 0 Å². The van der Waals surface area contributed by atoms with Gasteiger partial charge in [-0.2, -0.15) is 5.06 Å². The third kappa shape index (κ3) is 3.63. The first kappa shape index (κ1) is 25.3. The molecule has 8 heteroatoms. The number of hydrogen-bond donors (Lipinski definition) is 1. The van der Waals surface area contributed by atoms with Crippen molar-refractivity contribution in [1.29, 1.82) is 0 Å². The lowest BCUT2D eigenvalue weighted by molar-refractivity contribution is -0.252. The molecule has 8 atom stereocenters. The van der Waals surface area contributed by atoms with E-state index in [0.717, 1.165) is 42.2 Å². The number of hydrogen-bond acceptors (Lipinski definition) is 8. The van der Waals surface area contributed by atoms with Gasteiger partial charge in [0.05, 0.1) is 30.9 Å². The van der Waals surface area contributed by atoms with E-state index in [9.17, 15) is 19.5 Å². The van der Waals surface area contributed by atoms with Crippen LogP contribution in [-0.4, -0.2) is 50.9 Å². The maximum atomic E-state index is 14.1. The molecule has 2 heterocycles. The lowest BCUT2D eigenvalue weighted by Gasteiger charge is -2.60. The Morgan fingerprint density at radius 1 is 1.30 bits per heavy atom. The zero-order valence-corrected chi connectivity index (χ0v) is 22.5. The van der Waals surface area contributed by atoms with Crippen molar-refractivity contribution in [2.75, 3.05) is 12.3 Å². The van der Waals surface area contributed by atoms with E-state index >= 15 is 0 Å². The summed E-state index contributed by atoms with van der Waals surface area (Å²) in [6, 6.07) is 1.90. The molecular weight excluding hydrogens is 490 g/mol.